The van der Waals surface area contributed by atoms with Gasteiger partial charge < -0.3 is 10.4 Å². The first-order valence-electron chi connectivity index (χ1n) is 6.84. The van der Waals surface area contributed by atoms with Crippen molar-refractivity contribution in [2.45, 2.75) is 44.6 Å². The highest BCUT2D eigenvalue weighted by Crippen LogP contribution is 2.44. The molecule has 0 aromatic rings. The van der Waals surface area contributed by atoms with Gasteiger partial charge in [0, 0.05) is 24.6 Å². The van der Waals surface area contributed by atoms with Crippen molar-refractivity contribution in [3.05, 3.63) is 12.2 Å². The van der Waals surface area contributed by atoms with Crippen molar-refractivity contribution in [3.8, 4) is 0 Å². The standard InChI is InChI=1S/C14H23NO/c16-10-14(6-1-2-7-14)9-15-13-8-11-4-3-5-12(11)13/h3,5,11-13,15-16H,1-2,4,6-10H2. The van der Waals surface area contributed by atoms with Crippen LogP contribution in [0.3, 0.4) is 0 Å². The summed E-state index contributed by atoms with van der Waals surface area (Å²) in [5.74, 6) is 1.74. The number of hydrogen-bond donors (Lipinski definition) is 2. The molecular weight excluding hydrogens is 198 g/mol. The van der Waals surface area contributed by atoms with E-state index in [9.17, 15) is 5.11 Å². The monoisotopic (exact) mass is 221 g/mol. The first-order chi connectivity index (χ1) is 7.83. The highest BCUT2D eigenvalue weighted by atomic mass is 16.3. The lowest BCUT2D eigenvalue weighted by Gasteiger charge is -2.42. The van der Waals surface area contributed by atoms with Gasteiger partial charge in [0.2, 0.25) is 0 Å². The van der Waals surface area contributed by atoms with E-state index in [1.54, 1.807) is 0 Å². The van der Waals surface area contributed by atoms with Crippen LogP contribution in [0.1, 0.15) is 38.5 Å². The fourth-order valence-corrected chi connectivity index (χ4v) is 3.81. The topological polar surface area (TPSA) is 32.3 Å². The Balaban J connectivity index is 1.51. The van der Waals surface area contributed by atoms with Crippen LogP contribution in [0.2, 0.25) is 0 Å². The Labute approximate surface area is 98.1 Å². The van der Waals surface area contributed by atoms with Crippen molar-refractivity contribution in [2.75, 3.05) is 13.2 Å². The van der Waals surface area contributed by atoms with Gasteiger partial charge >= 0.3 is 0 Å². The molecule has 3 atom stereocenters. The van der Waals surface area contributed by atoms with Crippen LogP contribution in [0.4, 0.5) is 0 Å². The summed E-state index contributed by atoms with van der Waals surface area (Å²) in [4.78, 5) is 0. The molecule has 0 spiro atoms. The van der Waals surface area contributed by atoms with E-state index >= 15 is 0 Å². The predicted molar refractivity (Wildman–Crippen MR) is 65.1 cm³/mol. The second kappa shape index (κ2) is 4.15. The zero-order valence-corrected chi connectivity index (χ0v) is 9.99. The number of nitrogens with one attached hydrogen (secondary N) is 1. The van der Waals surface area contributed by atoms with Crippen LogP contribution in [-0.4, -0.2) is 24.3 Å². The van der Waals surface area contributed by atoms with Crippen molar-refractivity contribution in [2.24, 2.45) is 17.3 Å². The molecule has 0 aromatic heterocycles. The van der Waals surface area contributed by atoms with E-state index < -0.39 is 0 Å². The molecule has 0 saturated heterocycles. The summed E-state index contributed by atoms with van der Waals surface area (Å²) in [7, 11) is 0. The van der Waals surface area contributed by atoms with Gasteiger partial charge in [-0.2, -0.15) is 0 Å². The molecule has 2 nitrogen and oxygen atoms in total. The number of allylic oxidation sites excluding steroid dienone is 1. The maximum atomic E-state index is 9.55. The highest BCUT2D eigenvalue weighted by Gasteiger charge is 2.42. The smallest absolute Gasteiger partial charge is 0.0499 e. The molecule has 0 aromatic carbocycles. The van der Waals surface area contributed by atoms with Crippen LogP contribution in [0.5, 0.6) is 0 Å². The minimum atomic E-state index is 0.216. The van der Waals surface area contributed by atoms with Crippen molar-refractivity contribution in [1.82, 2.24) is 5.32 Å². The second-order valence-corrected chi connectivity index (χ2v) is 6.09. The number of aliphatic hydroxyl groups excluding tert-OH is 1. The van der Waals surface area contributed by atoms with Crippen molar-refractivity contribution in [3.63, 3.8) is 0 Å². The molecule has 0 aliphatic heterocycles. The van der Waals surface area contributed by atoms with Crippen LogP contribution in [0.25, 0.3) is 0 Å². The number of aliphatic hydroxyl groups is 1. The van der Waals surface area contributed by atoms with Gasteiger partial charge in [0.05, 0.1) is 0 Å². The lowest BCUT2D eigenvalue weighted by Crippen LogP contribution is -2.51. The molecule has 3 aliphatic carbocycles. The predicted octanol–water partition coefficient (Wildman–Crippen LogP) is 2.09. The Kier molecular flexibility index (Phi) is 2.80. The Bertz CT molecular complexity index is 280. The molecule has 90 valence electrons. The minimum Gasteiger partial charge on any atom is -0.396 e. The van der Waals surface area contributed by atoms with Gasteiger partial charge in [-0.05, 0) is 37.5 Å². The molecule has 3 rings (SSSR count). The van der Waals surface area contributed by atoms with E-state index in [4.69, 9.17) is 0 Å². The normalized spacial score (nSPS) is 39.7. The molecule has 2 N–H and O–H groups in total. The summed E-state index contributed by atoms with van der Waals surface area (Å²) in [5, 5.41) is 13.3. The molecule has 16 heavy (non-hydrogen) atoms. The fraction of sp³-hybridized carbons (Fsp3) is 0.857. The number of fused-ring (bicyclic) bond motifs is 1. The molecule has 2 heteroatoms. The van der Waals surface area contributed by atoms with Crippen molar-refractivity contribution in [1.29, 1.82) is 0 Å². The molecule has 3 unspecified atom stereocenters. The molecule has 0 heterocycles. The van der Waals surface area contributed by atoms with E-state index in [2.05, 4.69) is 17.5 Å². The molecular formula is C14H23NO. The molecule has 0 amide bonds. The van der Waals surface area contributed by atoms with Crippen LogP contribution in [0, 0.1) is 17.3 Å². The van der Waals surface area contributed by atoms with Gasteiger partial charge in [-0.1, -0.05) is 25.0 Å². The third-order valence-electron chi connectivity index (χ3n) is 5.10. The Morgan fingerprint density at radius 2 is 2.12 bits per heavy atom. The van der Waals surface area contributed by atoms with Gasteiger partial charge in [-0.3, -0.25) is 0 Å². The van der Waals surface area contributed by atoms with Gasteiger partial charge in [0.1, 0.15) is 0 Å². The summed E-state index contributed by atoms with van der Waals surface area (Å²) in [6.07, 6.45) is 12.4. The van der Waals surface area contributed by atoms with Crippen LogP contribution in [0.15, 0.2) is 12.2 Å². The number of rotatable bonds is 4. The fourth-order valence-electron chi connectivity index (χ4n) is 3.81. The molecule has 2 fully saturated rings. The SMILES string of the molecule is OCC1(CNC2CC3CC=CC32)CCCC1. The molecule has 2 saturated carbocycles. The molecule has 3 aliphatic rings. The average Bonchev–Trinajstić information content (AvgIpc) is 2.87. The maximum Gasteiger partial charge on any atom is 0.0499 e. The third kappa shape index (κ3) is 1.72. The zero-order chi connectivity index (χ0) is 11.0. The second-order valence-electron chi connectivity index (χ2n) is 6.09. The summed E-state index contributed by atoms with van der Waals surface area (Å²) >= 11 is 0. The first-order valence-corrected chi connectivity index (χ1v) is 6.84. The Morgan fingerprint density at radius 1 is 1.31 bits per heavy atom. The van der Waals surface area contributed by atoms with Crippen molar-refractivity contribution < 1.29 is 5.11 Å². The quantitative estimate of drug-likeness (QED) is 0.713. The minimum absolute atomic E-state index is 0.216. The largest absolute Gasteiger partial charge is 0.396 e. The lowest BCUT2D eigenvalue weighted by atomic mass is 9.71. The van der Waals surface area contributed by atoms with Gasteiger partial charge in [-0.15, -0.1) is 0 Å². The van der Waals surface area contributed by atoms with Crippen LogP contribution < -0.4 is 5.32 Å². The Hall–Kier alpha value is -0.340. The number of hydrogen-bond acceptors (Lipinski definition) is 2. The van der Waals surface area contributed by atoms with E-state index in [0.29, 0.717) is 12.6 Å². The highest BCUT2D eigenvalue weighted by molar-refractivity contribution is 5.13. The van der Waals surface area contributed by atoms with E-state index in [-0.39, 0.29) is 5.41 Å². The zero-order valence-electron chi connectivity index (χ0n) is 9.99. The van der Waals surface area contributed by atoms with Gasteiger partial charge in [0.15, 0.2) is 0 Å². The average molecular weight is 221 g/mol. The first kappa shape index (κ1) is 10.8. The van der Waals surface area contributed by atoms with Crippen LogP contribution in [-0.2, 0) is 0 Å². The van der Waals surface area contributed by atoms with E-state index in [1.165, 1.54) is 38.5 Å². The van der Waals surface area contributed by atoms with Gasteiger partial charge in [-0.25, -0.2) is 0 Å². The molecule has 0 bridgehead atoms. The summed E-state index contributed by atoms with van der Waals surface area (Å²) < 4.78 is 0. The third-order valence-corrected chi connectivity index (χ3v) is 5.10. The summed E-state index contributed by atoms with van der Waals surface area (Å²) in [6.45, 7) is 1.40. The molecule has 0 radical (unpaired) electrons. The Morgan fingerprint density at radius 3 is 2.81 bits per heavy atom. The van der Waals surface area contributed by atoms with Crippen molar-refractivity contribution >= 4 is 0 Å². The van der Waals surface area contributed by atoms with Crippen LogP contribution >= 0.6 is 0 Å². The summed E-state index contributed by atoms with van der Waals surface area (Å²) in [5.41, 5.74) is 0.216. The van der Waals surface area contributed by atoms with E-state index in [1.807, 2.05) is 0 Å². The summed E-state index contributed by atoms with van der Waals surface area (Å²) in [6, 6.07) is 0.702. The maximum absolute atomic E-state index is 9.55. The lowest BCUT2D eigenvalue weighted by molar-refractivity contribution is 0.0974. The van der Waals surface area contributed by atoms with E-state index in [0.717, 1.165) is 18.4 Å². The van der Waals surface area contributed by atoms with Gasteiger partial charge in [0.25, 0.3) is 0 Å².